The van der Waals surface area contributed by atoms with Crippen molar-refractivity contribution in [2.24, 2.45) is 0 Å². The van der Waals surface area contributed by atoms with E-state index in [0.717, 1.165) is 22.0 Å². The molecule has 0 fully saturated rings. The highest BCUT2D eigenvalue weighted by molar-refractivity contribution is 6.09. The van der Waals surface area contributed by atoms with Crippen LogP contribution >= 0.6 is 0 Å². The van der Waals surface area contributed by atoms with Gasteiger partial charge in [-0.05, 0) is 38.1 Å². The zero-order valence-electron chi connectivity index (χ0n) is 9.85. The minimum Gasteiger partial charge on any atom is -0.360 e. The maximum Gasteiger partial charge on any atom is 0.178 e. The molecule has 0 saturated heterocycles. The molecule has 0 aliphatic rings. The van der Waals surface area contributed by atoms with Crippen molar-refractivity contribution < 1.29 is 4.79 Å². The zero-order chi connectivity index (χ0) is 11.7. The number of carbonyl (C=O) groups is 1. The first-order valence-electron chi connectivity index (χ1n) is 5.39. The van der Waals surface area contributed by atoms with Crippen LogP contribution in [0, 0.1) is 13.8 Å². The van der Waals surface area contributed by atoms with Crippen LogP contribution < -0.4 is 5.32 Å². The van der Waals surface area contributed by atoms with Crippen LogP contribution in [0.4, 0.5) is 0 Å². The fraction of sp³-hybridized carbons (Fsp3) is 0.308. The molecule has 0 spiro atoms. The molecule has 0 saturated carbocycles. The second-order valence-electron chi connectivity index (χ2n) is 4.16. The van der Waals surface area contributed by atoms with E-state index in [4.69, 9.17) is 0 Å². The molecule has 0 aliphatic carbocycles. The Kier molecular flexibility index (Phi) is 2.79. The van der Waals surface area contributed by atoms with Crippen LogP contribution in [0.25, 0.3) is 10.9 Å². The van der Waals surface area contributed by atoms with Crippen molar-refractivity contribution in [3.8, 4) is 0 Å². The molecule has 0 radical (unpaired) electrons. The van der Waals surface area contributed by atoms with Gasteiger partial charge in [0, 0.05) is 22.7 Å². The van der Waals surface area contributed by atoms with Crippen molar-refractivity contribution >= 4 is 16.7 Å². The number of benzene rings is 1. The number of nitrogens with one attached hydrogen (secondary N) is 2. The molecule has 1 aromatic heterocycles. The van der Waals surface area contributed by atoms with Crippen LogP contribution in [0.3, 0.4) is 0 Å². The average Bonchev–Trinajstić information content (AvgIpc) is 2.61. The Bertz CT molecular complexity index is 540. The molecule has 1 aromatic carbocycles. The van der Waals surface area contributed by atoms with E-state index in [1.54, 1.807) is 13.2 Å². The summed E-state index contributed by atoms with van der Waals surface area (Å²) in [6.07, 6.45) is 1.80. The molecular weight excluding hydrogens is 200 g/mol. The van der Waals surface area contributed by atoms with E-state index in [0.29, 0.717) is 6.54 Å². The van der Waals surface area contributed by atoms with Crippen LogP contribution in [0.5, 0.6) is 0 Å². The quantitative estimate of drug-likeness (QED) is 0.772. The molecule has 0 atom stereocenters. The maximum atomic E-state index is 11.9. The number of likely N-dealkylation sites (N-methyl/N-ethyl adjacent to an activating group) is 1. The van der Waals surface area contributed by atoms with Gasteiger partial charge >= 0.3 is 0 Å². The van der Waals surface area contributed by atoms with Crippen molar-refractivity contribution in [2.45, 2.75) is 13.8 Å². The molecular formula is C13H16N2O. The fourth-order valence-electron chi connectivity index (χ4n) is 2.14. The lowest BCUT2D eigenvalue weighted by Gasteiger charge is -2.02. The van der Waals surface area contributed by atoms with Gasteiger partial charge < -0.3 is 10.3 Å². The minimum absolute atomic E-state index is 0.126. The zero-order valence-corrected chi connectivity index (χ0v) is 9.85. The highest BCUT2D eigenvalue weighted by atomic mass is 16.1. The Morgan fingerprint density at radius 2 is 2.12 bits per heavy atom. The van der Waals surface area contributed by atoms with Crippen LogP contribution in [-0.2, 0) is 0 Å². The molecule has 84 valence electrons. The van der Waals surface area contributed by atoms with Gasteiger partial charge in [-0.1, -0.05) is 6.07 Å². The first kappa shape index (κ1) is 10.9. The molecule has 3 heteroatoms. The van der Waals surface area contributed by atoms with Gasteiger partial charge in [0.1, 0.15) is 0 Å². The lowest BCUT2D eigenvalue weighted by Crippen LogP contribution is -2.18. The summed E-state index contributed by atoms with van der Waals surface area (Å²) in [4.78, 5) is 15.0. The highest BCUT2D eigenvalue weighted by Gasteiger charge is 2.13. The number of carbonyl (C=O) groups excluding carboxylic acids is 1. The SMILES string of the molecule is CNCC(=O)c1c[nH]c2cc(C)cc(C)c12. The molecule has 1 heterocycles. The van der Waals surface area contributed by atoms with Gasteiger partial charge in [-0.25, -0.2) is 0 Å². The molecule has 0 unspecified atom stereocenters. The Labute approximate surface area is 94.9 Å². The third-order valence-electron chi connectivity index (χ3n) is 2.76. The molecule has 16 heavy (non-hydrogen) atoms. The second-order valence-corrected chi connectivity index (χ2v) is 4.16. The van der Waals surface area contributed by atoms with Gasteiger partial charge in [0.05, 0.1) is 6.54 Å². The first-order chi connectivity index (χ1) is 7.63. The summed E-state index contributed by atoms with van der Waals surface area (Å²) in [7, 11) is 1.78. The van der Waals surface area contributed by atoms with Crippen LogP contribution in [0.15, 0.2) is 18.3 Å². The Morgan fingerprint density at radius 1 is 1.38 bits per heavy atom. The van der Waals surface area contributed by atoms with Gasteiger partial charge in [-0.15, -0.1) is 0 Å². The third kappa shape index (κ3) is 1.74. The van der Waals surface area contributed by atoms with Gasteiger partial charge in [0.2, 0.25) is 0 Å². The van der Waals surface area contributed by atoms with Crippen molar-refractivity contribution in [3.05, 3.63) is 35.0 Å². The number of H-pyrrole nitrogens is 1. The van der Waals surface area contributed by atoms with Crippen LogP contribution in [-0.4, -0.2) is 24.4 Å². The van der Waals surface area contributed by atoms with E-state index in [-0.39, 0.29) is 5.78 Å². The smallest absolute Gasteiger partial charge is 0.178 e. The third-order valence-corrected chi connectivity index (χ3v) is 2.76. The topological polar surface area (TPSA) is 44.9 Å². The Hall–Kier alpha value is -1.61. The predicted molar refractivity (Wildman–Crippen MR) is 66.0 cm³/mol. The number of aromatic nitrogens is 1. The largest absolute Gasteiger partial charge is 0.360 e. The van der Waals surface area contributed by atoms with Crippen LogP contribution in [0.2, 0.25) is 0 Å². The molecule has 3 nitrogen and oxygen atoms in total. The summed E-state index contributed by atoms with van der Waals surface area (Å²) in [6.45, 7) is 4.47. The standard InChI is InChI=1S/C13H16N2O/c1-8-4-9(2)13-10(12(16)7-14-3)6-15-11(13)5-8/h4-6,14-15H,7H2,1-3H3. The van der Waals surface area contributed by atoms with E-state index < -0.39 is 0 Å². The van der Waals surface area contributed by atoms with Crippen molar-refractivity contribution in [3.63, 3.8) is 0 Å². The maximum absolute atomic E-state index is 11.9. The van der Waals surface area contributed by atoms with E-state index in [9.17, 15) is 4.79 Å². The van der Waals surface area contributed by atoms with Crippen molar-refractivity contribution in [1.29, 1.82) is 0 Å². The fourth-order valence-corrected chi connectivity index (χ4v) is 2.14. The average molecular weight is 216 g/mol. The van der Waals surface area contributed by atoms with Gasteiger partial charge in [-0.3, -0.25) is 4.79 Å². The monoisotopic (exact) mass is 216 g/mol. The van der Waals surface area contributed by atoms with E-state index in [1.807, 2.05) is 6.92 Å². The highest BCUT2D eigenvalue weighted by Crippen LogP contribution is 2.24. The lowest BCUT2D eigenvalue weighted by atomic mass is 10.0. The number of aryl methyl sites for hydroxylation is 2. The van der Waals surface area contributed by atoms with E-state index in [1.165, 1.54) is 5.56 Å². The molecule has 0 amide bonds. The first-order valence-corrected chi connectivity index (χ1v) is 5.39. The van der Waals surface area contributed by atoms with E-state index in [2.05, 4.69) is 29.4 Å². The minimum atomic E-state index is 0.126. The number of hydrogen-bond donors (Lipinski definition) is 2. The Balaban J connectivity index is 2.60. The van der Waals surface area contributed by atoms with Gasteiger partial charge in [0.15, 0.2) is 5.78 Å². The number of aromatic amines is 1. The summed E-state index contributed by atoms with van der Waals surface area (Å²) in [6, 6.07) is 4.17. The van der Waals surface area contributed by atoms with Crippen LogP contribution in [0.1, 0.15) is 21.5 Å². The summed E-state index contributed by atoms with van der Waals surface area (Å²) < 4.78 is 0. The predicted octanol–water partition coefficient (Wildman–Crippen LogP) is 2.19. The summed E-state index contributed by atoms with van der Waals surface area (Å²) >= 11 is 0. The molecule has 0 aliphatic heterocycles. The second kappa shape index (κ2) is 4.10. The number of hydrogen-bond acceptors (Lipinski definition) is 2. The number of fused-ring (bicyclic) bond motifs is 1. The number of rotatable bonds is 3. The van der Waals surface area contributed by atoms with Crippen molar-refractivity contribution in [2.75, 3.05) is 13.6 Å². The van der Waals surface area contributed by atoms with E-state index >= 15 is 0 Å². The normalized spacial score (nSPS) is 10.9. The molecule has 2 N–H and O–H groups in total. The molecule has 0 bridgehead atoms. The van der Waals surface area contributed by atoms with Gasteiger partial charge in [-0.2, -0.15) is 0 Å². The number of Topliss-reactive ketones (excluding diaryl/α,β-unsaturated/α-hetero) is 1. The molecule has 2 rings (SSSR count). The molecule has 2 aromatic rings. The van der Waals surface area contributed by atoms with Crippen molar-refractivity contribution in [1.82, 2.24) is 10.3 Å². The lowest BCUT2D eigenvalue weighted by molar-refractivity contribution is 0.0995. The number of ketones is 1. The van der Waals surface area contributed by atoms with Gasteiger partial charge in [0.25, 0.3) is 0 Å². The Morgan fingerprint density at radius 3 is 2.81 bits per heavy atom. The summed E-state index contributed by atoms with van der Waals surface area (Å²) in [5, 5.41) is 3.93. The summed E-state index contributed by atoms with van der Waals surface area (Å²) in [5.74, 6) is 0.126. The summed E-state index contributed by atoms with van der Waals surface area (Å²) in [5.41, 5.74) is 4.17.